The highest BCUT2D eigenvalue weighted by Gasteiger charge is 2.43. The zero-order valence-corrected chi connectivity index (χ0v) is 19.2. The lowest BCUT2D eigenvalue weighted by atomic mass is 9.95. The van der Waals surface area contributed by atoms with E-state index >= 15 is 0 Å². The monoisotopic (exact) mass is 432 g/mol. The first-order valence-corrected chi connectivity index (χ1v) is 11.9. The van der Waals surface area contributed by atoms with Gasteiger partial charge in [-0.2, -0.15) is 0 Å². The summed E-state index contributed by atoms with van der Waals surface area (Å²) in [5.41, 5.74) is 1.06. The first-order chi connectivity index (χ1) is 15.7. The van der Waals surface area contributed by atoms with Crippen LogP contribution in [0.25, 0.3) is 0 Å². The fourth-order valence-electron chi connectivity index (χ4n) is 3.94. The smallest absolute Gasteiger partial charge is 0.281 e. The van der Waals surface area contributed by atoms with Gasteiger partial charge in [0, 0.05) is 0 Å². The molecule has 0 saturated heterocycles. The van der Waals surface area contributed by atoms with E-state index in [1.54, 1.807) is 0 Å². The molecule has 0 aliphatic heterocycles. The average molecular weight is 433 g/mol. The Hall–Kier alpha value is -2.78. The molecule has 0 radical (unpaired) electrons. The Morgan fingerprint density at radius 2 is 1.12 bits per heavy atom. The van der Waals surface area contributed by atoms with Crippen LogP contribution in [0.5, 0.6) is 11.5 Å². The molecule has 32 heavy (non-hydrogen) atoms. The Morgan fingerprint density at radius 3 is 1.66 bits per heavy atom. The van der Waals surface area contributed by atoms with E-state index in [0.29, 0.717) is 24.3 Å². The lowest BCUT2D eigenvalue weighted by Gasteiger charge is -2.38. The molecule has 3 heteroatoms. The second-order valence-corrected chi connectivity index (χ2v) is 8.38. The van der Waals surface area contributed by atoms with Crippen LogP contribution in [0.15, 0.2) is 91.0 Å². The van der Waals surface area contributed by atoms with Crippen LogP contribution in [0.1, 0.15) is 57.4 Å². The summed E-state index contributed by atoms with van der Waals surface area (Å²) < 4.78 is 13.0. The first kappa shape index (κ1) is 23.9. The molecule has 0 aliphatic rings. The van der Waals surface area contributed by atoms with Gasteiger partial charge in [0.25, 0.3) is 5.79 Å². The van der Waals surface area contributed by atoms with Crippen molar-refractivity contribution in [1.29, 1.82) is 0 Å². The third-order valence-corrected chi connectivity index (χ3v) is 5.70. The number of ether oxygens (including phenoxy) is 2. The van der Waals surface area contributed by atoms with Gasteiger partial charge in [0.1, 0.15) is 17.6 Å². The van der Waals surface area contributed by atoms with Crippen LogP contribution in [0, 0.1) is 0 Å². The highest BCUT2D eigenvalue weighted by Crippen LogP contribution is 2.31. The van der Waals surface area contributed by atoms with Crippen molar-refractivity contribution in [1.82, 2.24) is 0 Å². The standard InChI is InChI=1S/C29H36O3/c1-2-3-4-5-6-16-23-28(30)29(24-25-17-10-7-11-18-25,31-26-19-12-8-13-20-26)32-27-21-14-9-15-22-27/h7-15,17-22,28,30H,2-6,16,23-24H2,1H3. The van der Waals surface area contributed by atoms with Crippen LogP contribution in [0.3, 0.4) is 0 Å². The van der Waals surface area contributed by atoms with E-state index in [-0.39, 0.29) is 0 Å². The molecule has 0 fully saturated rings. The minimum atomic E-state index is -1.23. The Morgan fingerprint density at radius 1 is 0.656 bits per heavy atom. The minimum absolute atomic E-state index is 0.439. The van der Waals surface area contributed by atoms with E-state index < -0.39 is 11.9 Å². The van der Waals surface area contributed by atoms with Crippen LogP contribution in [0.4, 0.5) is 0 Å². The number of benzene rings is 3. The molecule has 1 atom stereocenters. The molecule has 3 rings (SSSR count). The molecular formula is C29H36O3. The zero-order valence-electron chi connectivity index (χ0n) is 19.2. The topological polar surface area (TPSA) is 38.7 Å². The van der Waals surface area contributed by atoms with E-state index in [1.165, 1.54) is 25.7 Å². The molecule has 0 saturated carbocycles. The maximum absolute atomic E-state index is 11.5. The first-order valence-electron chi connectivity index (χ1n) is 11.9. The number of aliphatic hydroxyl groups is 1. The number of aliphatic hydroxyl groups excluding tert-OH is 1. The summed E-state index contributed by atoms with van der Waals surface area (Å²) in [5, 5.41) is 11.5. The summed E-state index contributed by atoms with van der Waals surface area (Å²) in [4.78, 5) is 0. The van der Waals surface area contributed by atoms with Crippen molar-refractivity contribution in [2.24, 2.45) is 0 Å². The number of rotatable bonds is 14. The van der Waals surface area contributed by atoms with Crippen molar-refractivity contribution in [3.05, 3.63) is 96.6 Å². The van der Waals surface area contributed by atoms with Crippen LogP contribution in [-0.4, -0.2) is 17.0 Å². The zero-order chi connectivity index (χ0) is 22.5. The molecular weight excluding hydrogens is 396 g/mol. The molecule has 3 aromatic carbocycles. The summed E-state index contributed by atoms with van der Waals surface area (Å²) in [6.45, 7) is 2.23. The van der Waals surface area contributed by atoms with Gasteiger partial charge < -0.3 is 14.6 Å². The molecule has 0 heterocycles. The minimum Gasteiger partial charge on any atom is -0.449 e. The van der Waals surface area contributed by atoms with Gasteiger partial charge in [0.2, 0.25) is 0 Å². The van der Waals surface area contributed by atoms with Crippen molar-refractivity contribution < 1.29 is 14.6 Å². The summed E-state index contributed by atoms with van der Waals surface area (Å²) in [5.74, 6) is 0.135. The van der Waals surface area contributed by atoms with Crippen LogP contribution in [-0.2, 0) is 6.42 Å². The van der Waals surface area contributed by atoms with Crippen LogP contribution in [0.2, 0.25) is 0 Å². The summed E-state index contributed by atoms with van der Waals surface area (Å²) in [6, 6.07) is 29.4. The second-order valence-electron chi connectivity index (χ2n) is 8.38. The molecule has 0 spiro atoms. The SMILES string of the molecule is CCCCCCCCC(O)C(Cc1ccccc1)(Oc1ccccc1)Oc1ccccc1. The van der Waals surface area contributed by atoms with Gasteiger partial charge in [-0.3, -0.25) is 0 Å². The number of para-hydroxylation sites is 2. The highest BCUT2D eigenvalue weighted by molar-refractivity contribution is 5.27. The van der Waals surface area contributed by atoms with Gasteiger partial charge in [0.15, 0.2) is 0 Å². The van der Waals surface area contributed by atoms with E-state index in [0.717, 1.165) is 18.4 Å². The Balaban J connectivity index is 1.85. The quantitative estimate of drug-likeness (QED) is 0.216. The van der Waals surface area contributed by atoms with E-state index in [9.17, 15) is 5.11 Å². The van der Waals surface area contributed by atoms with E-state index in [1.807, 2.05) is 78.9 Å². The van der Waals surface area contributed by atoms with Gasteiger partial charge in [-0.15, -0.1) is 0 Å². The fourth-order valence-corrected chi connectivity index (χ4v) is 3.94. The summed E-state index contributed by atoms with van der Waals surface area (Å²) in [7, 11) is 0. The second kappa shape index (κ2) is 12.9. The van der Waals surface area contributed by atoms with Crippen LogP contribution >= 0.6 is 0 Å². The molecule has 3 aromatic rings. The van der Waals surface area contributed by atoms with Crippen molar-refractivity contribution in [3.8, 4) is 11.5 Å². The normalized spacial score (nSPS) is 12.3. The Labute approximate surface area is 193 Å². The van der Waals surface area contributed by atoms with E-state index in [2.05, 4.69) is 19.1 Å². The van der Waals surface area contributed by atoms with Gasteiger partial charge in [-0.1, -0.05) is 112 Å². The van der Waals surface area contributed by atoms with Crippen molar-refractivity contribution >= 4 is 0 Å². The molecule has 1 unspecified atom stereocenters. The predicted octanol–water partition coefficient (Wildman–Crippen LogP) is 7.19. The van der Waals surface area contributed by atoms with Crippen molar-refractivity contribution in [3.63, 3.8) is 0 Å². The van der Waals surface area contributed by atoms with Crippen molar-refractivity contribution in [2.75, 3.05) is 0 Å². The molecule has 0 aromatic heterocycles. The highest BCUT2D eigenvalue weighted by atomic mass is 16.7. The van der Waals surface area contributed by atoms with Gasteiger partial charge in [0.05, 0.1) is 6.42 Å². The third-order valence-electron chi connectivity index (χ3n) is 5.70. The molecule has 1 N–H and O–H groups in total. The number of hydrogen-bond donors (Lipinski definition) is 1. The maximum Gasteiger partial charge on any atom is 0.281 e. The van der Waals surface area contributed by atoms with Crippen molar-refractivity contribution in [2.45, 2.75) is 70.2 Å². The largest absolute Gasteiger partial charge is 0.449 e. The molecule has 0 bridgehead atoms. The van der Waals surface area contributed by atoms with Gasteiger partial charge >= 0.3 is 0 Å². The molecule has 0 amide bonds. The van der Waals surface area contributed by atoms with E-state index in [4.69, 9.17) is 9.47 Å². The number of hydrogen-bond acceptors (Lipinski definition) is 3. The van der Waals surface area contributed by atoms with Gasteiger partial charge in [-0.25, -0.2) is 0 Å². The number of unbranched alkanes of at least 4 members (excludes halogenated alkanes) is 5. The van der Waals surface area contributed by atoms with Gasteiger partial charge in [-0.05, 0) is 36.2 Å². The molecule has 170 valence electrons. The predicted molar refractivity (Wildman–Crippen MR) is 131 cm³/mol. The Kier molecular flexibility index (Phi) is 9.64. The average Bonchev–Trinajstić information content (AvgIpc) is 2.83. The summed E-state index contributed by atoms with van der Waals surface area (Å²) >= 11 is 0. The lowest BCUT2D eigenvalue weighted by molar-refractivity contribution is -0.187. The molecule has 3 nitrogen and oxygen atoms in total. The Bertz CT molecular complexity index is 763. The lowest BCUT2D eigenvalue weighted by Crippen LogP contribution is -2.54. The molecule has 0 aliphatic carbocycles. The fraction of sp³-hybridized carbons (Fsp3) is 0.379. The van der Waals surface area contributed by atoms with Crippen LogP contribution < -0.4 is 9.47 Å². The maximum atomic E-state index is 11.5. The third kappa shape index (κ3) is 7.42. The summed E-state index contributed by atoms with van der Waals surface area (Å²) in [6.07, 6.45) is 7.29.